The van der Waals surface area contributed by atoms with E-state index in [0.29, 0.717) is 11.3 Å². The van der Waals surface area contributed by atoms with E-state index in [2.05, 4.69) is 32.2 Å². The van der Waals surface area contributed by atoms with Crippen LogP contribution < -0.4 is 19.5 Å². The average molecular weight is 395 g/mol. The molecule has 0 saturated heterocycles. The van der Waals surface area contributed by atoms with Crippen molar-refractivity contribution in [2.45, 2.75) is 46.3 Å². The lowest BCUT2D eigenvalue weighted by atomic mass is 9.82. The van der Waals surface area contributed by atoms with Gasteiger partial charge < -0.3 is 24.3 Å². The molecule has 5 rings (SSSR count). The Morgan fingerprint density at radius 3 is 2.59 bits per heavy atom. The Kier molecular flexibility index (Phi) is 4.03. The van der Waals surface area contributed by atoms with Gasteiger partial charge in [-0.05, 0) is 74.5 Å². The van der Waals surface area contributed by atoms with E-state index < -0.39 is 6.10 Å². The lowest BCUT2D eigenvalue weighted by Crippen LogP contribution is -2.35. The van der Waals surface area contributed by atoms with Gasteiger partial charge in [0.2, 0.25) is 6.79 Å². The zero-order valence-electron chi connectivity index (χ0n) is 17.4. The SMILES string of the molecule is COc1c(C)c(C)c(C)c2c1C(=O)O[C@@H]2[C@@H]1NCCc2cc3c(c(C)c21)OCO3. The van der Waals surface area contributed by atoms with Crippen molar-refractivity contribution in [1.82, 2.24) is 5.32 Å². The minimum absolute atomic E-state index is 0.149. The van der Waals surface area contributed by atoms with Crippen molar-refractivity contribution in [2.24, 2.45) is 0 Å². The Balaban J connectivity index is 1.70. The van der Waals surface area contributed by atoms with Crippen molar-refractivity contribution < 1.29 is 23.7 Å². The van der Waals surface area contributed by atoms with Crippen molar-refractivity contribution in [3.8, 4) is 17.2 Å². The summed E-state index contributed by atoms with van der Waals surface area (Å²) in [6.07, 6.45) is 0.482. The molecule has 0 radical (unpaired) electrons. The molecule has 6 nitrogen and oxygen atoms in total. The molecule has 0 unspecified atom stereocenters. The number of esters is 1. The summed E-state index contributed by atoms with van der Waals surface area (Å²) in [6, 6.07) is 1.92. The van der Waals surface area contributed by atoms with Crippen LogP contribution >= 0.6 is 0 Å². The van der Waals surface area contributed by atoms with Crippen molar-refractivity contribution in [3.05, 3.63) is 50.6 Å². The topological polar surface area (TPSA) is 66.0 Å². The van der Waals surface area contributed by atoms with Crippen molar-refractivity contribution in [1.29, 1.82) is 0 Å². The van der Waals surface area contributed by atoms with Crippen LogP contribution in [0, 0.1) is 27.7 Å². The van der Waals surface area contributed by atoms with Gasteiger partial charge in [0.05, 0.1) is 13.2 Å². The molecule has 3 aliphatic heterocycles. The molecule has 2 aromatic carbocycles. The number of methoxy groups -OCH3 is 1. The van der Waals surface area contributed by atoms with Crippen LogP contribution in [0.3, 0.4) is 0 Å². The quantitative estimate of drug-likeness (QED) is 0.781. The minimum atomic E-state index is -0.413. The third-order valence-electron chi connectivity index (χ3n) is 6.70. The number of hydrogen-bond donors (Lipinski definition) is 1. The summed E-state index contributed by atoms with van der Waals surface area (Å²) in [6.45, 7) is 9.22. The van der Waals surface area contributed by atoms with E-state index in [1.54, 1.807) is 7.11 Å². The van der Waals surface area contributed by atoms with Crippen LogP contribution in [0.25, 0.3) is 0 Å². The van der Waals surface area contributed by atoms with Crippen LogP contribution in [0.1, 0.15) is 61.4 Å². The van der Waals surface area contributed by atoms with Gasteiger partial charge in [0, 0.05) is 11.1 Å². The smallest absolute Gasteiger partial charge is 0.343 e. The van der Waals surface area contributed by atoms with Crippen molar-refractivity contribution in [3.63, 3.8) is 0 Å². The molecule has 0 aliphatic carbocycles. The molecule has 29 heavy (non-hydrogen) atoms. The van der Waals surface area contributed by atoms with Gasteiger partial charge in [-0.3, -0.25) is 0 Å². The molecule has 3 heterocycles. The van der Waals surface area contributed by atoms with E-state index in [-0.39, 0.29) is 18.8 Å². The van der Waals surface area contributed by atoms with Crippen LogP contribution in [0.2, 0.25) is 0 Å². The van der Waals surface area contributed by atoms with E-state index >= 15 is 0 Å². The summed E-state index contributed by atoms with van der Waals surface area (Å²) in [4.78, 5) is 12.9. The Bertz CT molecular complexity index is 1060. The number of ether oxygens (including phenoxy) is 4. The highest BCUT2D eigenvalue weighted by molar-refractivity contribution is 5.98. The zero-order chi connectivity index (χ0) is 20.4. The number of benzene rings is 2. The number of nitrogens with one attached hydrogen (secondary N) is 1. The summed E-state index contributed by atoms with van der Waals surface area (Å²) in [5, 5.41) is 3.60. The molecule has 2 atom stereocenters. The third kappa shape index (κ3) is 2.42. The largest absolute Gasteiger partial charge is 0.496 e. The number of cyclic esters (lactones) is 1. The molecule has 2 aromatic rings. The van der Waals surface area contributed by atoms with E-state index in [1.807, 2.05) is 6.92 Å². The normalized spacial score (nSPS) is 21.6. The number of carbonyl (C=O) groups excluding carboxylic acids is 1. The molecule has 0 fully saturated rings. The maximum atomic E-state index is 12.9. The van der Waals surface area contributed by atoms with E-state index in [0.717, 1.165) is 57.8 Å². The predicted molar refractivity (Wildman–Crippen MR) is 107 cm³/mol. The predicted octanol–water partition coefficient (Wildman–Crippen LogP) is 3.76. The number of hydrogen-bond acceptors (Lipinski definition) is 6. The van der Waals surface area contributed by atoms with Crippen LogP contribution in [0.5, 0.6) is 17.2 Å². The highest BCUT2D eigenvalue weighted by atomic mass is 16.7. The van der Waals surface area contributed by atoms with Crippen LogP contribution in [-0.2, 0) is 11.2 Å². The van der Waals surface area contributed by atoms with Gasteiger partial charge in [-0.25, -0.2) is 4.79 Å². The fraction of sp³-hybridized carbons (Fsp3) is 0.435. The first-order valence-corrected chi connectivity index (χ1v) is 9.98. The Morgan fingerprint density at radius 1 is 1.03 bits per heavy atom. The lowest BCUT2D eigenvalue weighted by Gasteiger charge is -2.33. The Hall–Kier alpha value is -2.73. The van der Waals surface area contributed by atoms with Gasteiger partial charge in [0.15, 0.2) is 11.5 Å². The van der Waals surface area contributed by atoms with E-state index in [1.165, 1.54) is 5.56 Å². The van der Waals surface area contributed by atoms with Gasteiger partial charge in [-0.1, -0.05) is 0 Å². The minimum Gasteiger partial charge on any atom is -0.496 e. The van der Waals surface area contributed by atoms with Crippen LogP contribution in [0.4, 0.5) is 0 Å². The first kappa shape index (κ1) is 18.3. The summed E-state index contributed by atoms with van der Waals surface area (Å²) >= 11 is 0. The second-order valence-corrected chi connectivity index (χ2v) is 8.01. The summed E-state index contributed by atoms with van der Waals surface area (Å²) in [5.41, 5.74) is 8.09. The Labute approximate surface area is 170 Å². The molecule has 0 amide bonds. The monoisotopic (exact) mass is 395 g/mol. The molecule has 6 heteroatoms. The molecule has 0 spiro atoms. The average Bonchev–Trinajstić information content (AvgIpc) is 3.31. The first-order chi connectivity index (χ1) is 13.9. The van der Waals surface area contributed by atoms with Crippen molar-refractivity contribution in [2.75, 3.05) is 20.4 Å². The number of rotatable bonds is 2. The molecular weight excluding hydrogens is 370 g/mol. The van der Waals surface area contributed by atoms with Gasteiger partial charge in [0.1, 0.15) is 17.4 Å². The molecular formula is C23H25NO5. The highest BCUT2D eigenvalue weighted by Gasteiger charge is 2.44. The summed E-state index contributed by atoms with van der Waals surface area (Å²) in [5.74, 6) is 1.89. The van der Waals surface area contributed by atoms with E-state index in [9.17, 15) is 4.79 Å². The van der Waals surface area contributed by atoms with Gasteiger partial charge >= 0.3 is 5.97 Å². The fourth-order valence-electron chi connectivity index (χ4n) is 5.08. The van der Waals surface area contributed by atoms with Crippen molar-refractivity contribution >= 4 is 5.97 Å². The van der Waals surface area contributed by atoms with Crippen LogP contribution in [-0.4, -0.2) is 26.4 Å². The maximum Gasteiger partial charge on any atom is 0.343 e. The zero-order valence-corrected chi connectivity index (χ0v) is 17.4. The summed E-state index contributed by atoms with van der Waals surface area (Å²) < 4.78 is 22.9. The molecule has 0 saturated carbocycles. The Morgan fingerprint density at radius 2 is 1.83 bits per heavy atom. The summed E-state index contributed by atoms with van der Waals surface area (Å²) in [7, 11) is 1.61. The van der Waals surface area contributed by atoms with E-state index in [4.69, 9.17) is 18.9 Å². The second-order valence-electron chi connectivity index (χ2n) is 8.01. The van der Waals surface area contributed by atoms with Gasteiger partial charge in [-0.2, -0.15) is 0 Å². The number of fused-ring (bicyclic) bond motifs is 3. The standard InChI is InChI=1S/C23H25NO5/c1-10-11(2)17-18(21(26-5)12(10)3)23(25)29-22(17)19-16-13(4)20-15(27-9-28-20)8-14(16)6-7-24-19/h8,19,22,24H,6-7,9H2,1-5H3/t19-,22+/m1/s1. The second kappa shape index (κ2) is 6.39. The number of carbonyl (C=O) groups is 1. The molecule has 0 aromatic heterocycles. The molecule has 152 valence electrons. The van der Waals surface area contributed by atoms with Crippen LogP contribution in [0.15, 0.2) is 6.07 Å². The lowest BCUT2D eigenvalue weighted by molar-refractivity contribution is 0.0283. The maximum absolute atomic E-state index is 12.9. The van der Waals surface area contributed by atoms with Gasteiger partial charge in [0.25, 0.3) is 0 Å². The molecule has 1 N–H and O–H groups in total. The fourth-order valence-corrected chi connectivity index (χ4v) is 5.08. The van der Waals surface area contributed by atoms with Gasteiger partial charge in [-0.15, -0.1) is 0 Å². The molecule has 3 aliphatic rings. The molecule has 0 bridgehead atoms. The third-order valence-corrected chi connectivity index (χ3v) is 6.70. The first-order valence-electron chi connectivity index (χ1n) is 9.98. The highest BCUT2D eigenvalue weighted by Crippen LogP contribution is 2.51.